The molecule has 0 fully saturated rings. The number of unbranched alkanes of at least 4 members (excludes halogenated alkanes) is 2. The number of benzene rings is 1. The molecule has 0 atom stereocenters. The van der Waals surface area contributed by atoms with E-state index in [1.807, 2.05) is 0 Å². The second kappa shape index (κ2) is 9.12. The van der Waals surface area contributed by atoms with Crippen LogP contribution in [-0.2, 0) is 13.1 Å². The molecule has 0 unspecified atom stereocenters. The number of nitrogens with one attached hydrogen (secondary N) is 1. The zero-order valence-corrected chi connectivity index (χ0v) is 12.2. The minimum absolute atomic E-state index is 0.975. The molecule has 0 spiro atoms. The lowest BCUT2D eigenvalue weighted by atomic mass is 10.1. The van der Waals surface area contributed by atoms with E-state index in [9.17, 15) is 0 Å². The summed E-state index contributed by atoms with van der Waals surface area (Å²) in [6.45, 7) is 8.66. The highest BCUT2D eigenvalue weighted by Crippen LogP contribution is 2.07. The third-order valence-corrected chi connectivity index (χ3v) is 3.20. The second-order valence-electron chi connectivity index (χ2n) is 5.04. The Hall–Kier alpha value is -0.860. The Morgan fingerprint density at radius 1 is 1.00 bits per heavy atom. The quantitative estimate of drug-likeness (QED) is 0.674. The number of hydrogen-bond acceptors (Lipinski definition) is 2. The van der Waals surface area contributed by atoms with Gasteiger partial charge in [-0.05, 0) is 37.7 Å². The van der Waals surface area contributed by atoms with Crippen molar-refractivity contribution < 1.29 is 0 Å². The van der Waals surface area contributed by atoms with Gasteiger partial charge in [-0.15, -0.1) is 0 Å². The van der Waals surface area contributed by atoms with Crippen LogP contribution in [-0.4, -0.2) is 25.0 Å². The van der Waals surface area contributed by atoms with Crippen LogP contribution in [0.3, 0.4) is 0 Å². The van der Waals surface area contributed by atoms with Gasteiger partial charge in [-0.1, -0.05) is 51.0 Å². The molecule has 0 aliphatic carbocycles. The lowest BCUT2D eigenvalue weighted by Gasteiger charge is -2.16. The van der Waals surface area contributed by atoms with Gasteiger partial charge in [-0.3, -0.25) is 0 Å². The molecule has 18 heavy (non-hydrogen) atoms. The molecule has 2 nitrogen and oxygen atoms in total. The van der Waals surface area contributed by atoms with Crippen molar-refractivity contribution in [3.63, 3.8) is 0 Å². The Balaban J connectivity index is 2.33. The average Bonchev–Trinajstić information content (AvgIpc) is 2.38. The van der Waals surface area contributed by atoms with Crippen LogP contribution >= 0.6 is 0 Å². The van der Waals surface area contributed by atoms with Crippen molar-refractivity contribution in [3.8, 4) is 0 Å². The zero-order chi connectivity index (χ0) is 13.2. The van der Waals surface area contributed by atoms with E-state index in [0.717, 1.165) is 19.6 Å². The molecule has 1 rings (SSSR count). The van der Waals surface area contributed by atoms with E-state index in [2.05, 4.69) is 55.4 Å². The smallest absolute Gasteiger partial charge is 0.0230 e. The minimum atomic E-state index is 0.975. The van der Waals surface area contributed by atoms with Gasteiger partial charge in [0.1, 0.15) is 0 Å². The molecule has 0 radical (unpaired) electrons. The standard InChI is InChI=1S/C16H28N2/c1-4-6-7-12-18(3)14-16-10-8-15(9-11-16)13-17-5-2/h8-11,17H,4-7,12-14H2,1-3H3. The third kappa shape index (κ3) is 6.18. The van der Waals surface area contributed by atoms with Gasteiger partial charge < -0.3 is 10.2 Å². The van der Waals surface area contributed by atoms with E-state index in [-0.39, 0.29) is 0 Å². The summed E-state index contributed by atoms with van der Waals surface area (Å²) in [5.74, 6) is 0. The van der Waals surface area contributed by atoms with Crippen molar-refractivity contribution in [2.75, 3.05) is 20.1 Å². The summed E-state index contributed by atoms with van der Waals surface area (Å²) in [4.78, 5) is 2.41. The van der Waals surface area contributed by atoms with Gasteiger partial charge in [0, 0.05) is 13.1 Å². The molecule has 0 saturated heterocycles. The van der Waals surface area contributed by atoms with E-state index in [1.165, 1.54) is 36.9 Å². The van der Waals surface area contributed by atoms with Crippen LogP contribution < -0.4 is 5.32 Å². The second-order valence-corrected chi connectivity index (χ2v) is 5.04. The molecule has 102 valence electrons. The first-order valence-corrected chi connectivity index (χ1v) is 7.23. The molecule has 1 aromatic rings. The first-order chi connectivity index (χ1) is 8.76. The van der Waals surface area contributed by atoms with Gasteiger partial charge in [-0.2, -0.15) is 0 Å². The highest BCUT2D eigenvalue weighted by molar-refractivity contribution is 5.22. The normalized spacial score (nSPS) is 11.1. The molecule has 2 heteroatoms. The summed E-state index contributed by atoms with van der Waals surface area (Å²) in [5.41, 5.74) is 2.78. The van der Waals surface area contributed by atoms with Crippen molar-refractivity contribution in [1.82, 2.24) is 10.2 Å². The largest absolute Gasteiger partial charge is 0.313 e. The Kier molecular flexibility index (Phi) is 7.70. The number of hydrogen-bond donors (Lipinski definition) is 1. The molecule has 0 aliphatic rings. The van der Waals surface area contributed by atoms with E-state index in [4.69, 9.17) is 0 Å². The predicted molar refractivity (Wildman–Crippen MR) is 79.7 cm³/mol. The van der Waals surface area contributed by atoms with Gasteiger partial charge in [0.15, 0.2) is 0 Å². The van der Waals surface area contributed by atoms with Gasteiger partial charge >= 0.3 is 0 Å². The number of nitrogens with zero attached hydrogens (tertiary/aromatic N) is 1. The van der Waals surface area contributed by atoms with Crippen LogP contribution in [0.15, 0.2) is 24.3 Å². The monoisotopic (exact) mass is 248 g/mol. The van der Waals surface area contributed by atoms with Crippen LogP contribution in [0.2, 0.25) is 0 Å². The molecular formula is C16H28N2. The molecule has 0 heterocycles. The SMILES string of the molecule is CCCCCN(C)Cc1ccc(CNCC)cc1. The van der Waals surface area contributed by atoms with Crippen LogP contribution in [0.4, 0.5) is 0 Å². The Morgan fingerprint density at radius 2 is 1.67 bits per heavy atom. The Labute approximate surface area is 112 Å². The fourth-order valence-electron chi connectivity index (χ4n) is 2.05. The topological polar surface area (TPSA) is 15.3 Å². The highest BCUT2D eigenvalue weighted by Gasteiger charge is 2.00. The van der Waals surface area contributed by atoms with E-state index in [0.29, 0.717) is 0 Å². The summed E-state index contributed by atoms with van der Waals surface area (Å²) in [6, 6.07) is 8.97. The van der Waals surface area contributed by atoms with Crippen molar-refractivity contribution in [2.24, 2.45) is 0 Å². The summed E-state index contributed by atoms with van der Waals surface area (Å²) >= 11 is 0. The molecule has 0 bridgehead atoms. The van der Waals surface area contributed by atoms with Crippen LogP contribution in [0.5, 0.6) is 0 Å². The molecule has 0 amide bonds. The van der Waals surface area contributed by atoms with Gasteiger partial charge in [-0.25, -0.2) is 0 Å². The van der Waals surface area contributed by atoms with Gasteiger partial charge in [0.05, 0.1) is 0 Å². The predicted octanol–water partition coefficient (Wildman–Crippen LogP) is 3.42. The molecular weight excluding hydrogens is 220 g/mol. The molecule has 0 aromatic heterocycles. The molecule has 0 aliphatic heterocycles. The van der Waals surface area contributed by atoms with Crippen molar-refractivity contribution in [3.05, 3.63) is 35.4 Å². The van der Waals surface area contributed by atoms with Crippen LogP contribution in [0.1, 0.15) is 44.2 Å². The Bertz CT molecular complexity index is 305. The molecule has 1 aromatic carbocycles. The summed E-state index contributed by atoms with van der Waals surface area (Å²) in [7, 11) is 2.21. The lowest BCUT2D eigenvalue weighted by molar-refractivity contribution is 0.318. The summed E-state index contributed by atoms with van der Waals surface area (Å²) in [5, 5.41) is 3.35. The average molecular weight is 248 g/mol. The van der Waals surface area contributed by atoms with Gasteiger partial charge in [0.25, 0.3) is 0 Å². The maximum Gasteiger partial charge on any atom is 0.0230 e. The lowest BCUT2D eigenvalue weighted by Crippen LogP contribution is -2.19. The number of rotatable bonds is 9. The maximum absolute atomic E-state index is 3.35. The maximum atomic E-state index is 3.35. The Morgan fingerprint density at radius 3 is 2.28 bits per heavy atom. The van der Waals surface area contributed by atoms with Crippen LogP contribution in [0, 0.1) is 0 Å². The zero-order valence-electron chi connectivity index (χ0n) is 12.2. The molecule has 0 saturated carbocycles. The molecule has 1 N–H and O–H groups in total. The first kappa shape index (κ1) is 15.2. The summed E-state index contributed by atoms with van der Waals surface area (Å²) < 4.78 is 0. The first-order valence-electron chi connectivity index (χ1n) is 7.23. The van der Waals surface area contributed by atoms with Crippen molar-refractivity contribution >= 4 is 0 Å². The fraction of sp³-hybridized carbons (Fsp3) is 0.625. The van der Waals surface area contributed by atoms with Crippen molar-refractivity contribution in [1.29, 1.82) is 0 Å². The highest BCUT2D eigenvalue weighted by atomic mass is 15.1. The van der Waals surface area contributed by atoms with E-state index < -0.39 is 0 Å². The van der Waals surface area contributed by atoms with E-state index in [1.54, 1.807) is 0 Å². The van der Waals surface area contributed by atoms with Crippen molar-refractivity contribution in [2.45, 2.75) is 46.2 Å². The van der Waals surface area contributed by atoms with Gasteiger partial charge in [0.2, 0.25) is 0 Å². The fourth-order valence-corrected chi connectivity index (χ4v) is 2.05. The summed E-state index contributed by atoms with van der Waals surface area (Å²) in [6.07, 6.45) is 3.95. The minimum Gasteiger partial charge on any atom is -0.313 e. The van der Waals surface area contributed by atoms with E-state index >= 15 is 0 Å². The van der Waals surface area contributed by atoms with Crippen LogP contribution in [0.25, 0.3) is 0 Å². The third-order valence-electron chi connectivity index (χ3n) is 3.20.